The molecule has 0 fully saturated rings. The number of benzene rings is 2. The number of alkyl halides is 3. The van der Waals surface area contributed by atoms with Gasteiger partial charge in [-0.2, -0.15) is 13.2 Å². The van der Waals surface area contributed by atoms with Crippen LogP contribution >= 0.6 is 8.60 Å². The molecule has 0 N–H and O–H groups in total. The van der Waals surface area contributed by atoms with E-state index in [9.17, 15) is 13.2 Å². The van der Waals surface area contributed by atoms with Gasteiger partial charge in [0.15, 0.2) is 0 Å². The van der Waals surface area contributed by atoms with Gasteiger partial charge >= 0.3 is 14.8 Å². The fourth-order valence-corrected chi connectivity index (χ4v) is 2.49. The van der Waals surface area contributed by atoms with Crippen molar-refractivity contribution in [3.63, 3.8) is 0 Å². The number of hydrogen-bond acceptors (Lipinski definition) is 3. The lowest BCUT2D eigenvalue weighted by Gasteiger charge is -2.17. The van der Waals surface area contributed by atoms with Crippen LogP contribution in [0, 0.1) is 0 Å². The average molecular weight is 330 g/mol. The lowest BCUT2D eigenvalue weighted by atomic mass is 10.2. The zero-order valence-electron chi connectivity index (χ0n) is 11.7. The van der Waals surface area contributed by atoms with Crippen molar-refractivity contribution in [3.8, 4) is 11.5 Å². The van der Waals surface area contributed by atoms with Crippen molar-refractivity contribution in [2.75, 3.05) is 6.61 Å². The maximum atomic E-state index is 12.7. The molecule has 0 aliphatic rings. The molecule has 2 aromatic rings. The molecule has 0 amide bonds. The molecule has 118 valence electrons. The van der Waals surface area contributed by atoms with Crippen LogP contribution in [0.5, 0.6) is 11.5 Å². The Morgan fingerprint density at radius 1 is 0.909 bits per heavy atom. The van der Waals surface area contributed by atoms with Crippen molar-refractivity contribution in [2.24, 2.45) is 0 Å². The third-order valence-electron chi connectivity index (χ3n) is 2.50. The second-order valence-electron chi connectivity index (χ2n) is 4.16. The van der Waals surface area contributed by atoms with E-state index >= 15 is 0 Å². The zero-order valence-corrected chi connectivity index (χ0v) is 12.6. The van der Waals surface area contributed by atoms with Gasteiger partial charge in [-0.25, -0.2) is 0 Å². The van der Waals surface area contributed by atoms with Gasteiger partial charge in [0, 0.05) is 0 Å². The van der Waals surface area contributed by atoms with Crippen LogP contribution in [0.1, 0.15) is 12.5 Å². The molecule has 22 heavy (non-hydrogen) atoms. The van der Waals surface area contributed by atoms with Gasteiger partial charge < -0.3 is 9.05 Å². The molecule has 0 aliphatic heterocycles. The second-order valence-corrected chi connectivity index (χ2v) is 5.23. The molecule has 0 aliphatic carbocycles. The Bertz CT molecular complexity index is 590. The molecule has 0 bridgehead atoms. The zero-order chi connectivity index (χ0) is 16.0. The first kappa shape index (κ1) is 16.6. The van der Waals surface area contributed by atoms with E-state index in [2.05, 4.69) is 0 Å². The van der Waals surface area contributed by atoms with Crippen molar-refractivity contribution in [3.05, 3.63) is 60.2 Å². The molecular weight excluding hydrogens is 316 g/mol. The predicted octanol–water partition coefficient (Wildman–Crippen LogP) is 5.43. The monoisotopic (exact) mass is 330 g/mol. The quantitative estimate of drug-likeness (QED) is 0.661. The van der Waals surface area contributed by atoms with E-state index in [-0.39, 0.29) is 5.75 Å². The first-order valence-electron chi connectivity index (χ1n) is 6.50. The molecule has 0 radical (unpaired) electrons. The van der Waals surface area contributed by atoms with E-state index in [0.29, 0.717) is 12.4 Å². The minimum atomic E-state index is -4.42. The predicted molar refractivity (Wildman–Crippen MR) is 77.7 cm³/mol. The van der Waals surface area contributed by atoms with Crippen LogP contribution in [0.3, 0.4) is 0 Å². The molecule has 0 saturated heterocycles. The second kappa shape index (κ2) is 7.47. The van der Waals surface area contributed by atoms with E-state index in [1.54, 1.807) is 31.2 Å². The molecule has 0 saturated carbocycles. The number of para-hydroxylation sites is 1. The Kier molecular flexibility index (Phi) is 5.63. The van der Waals surface area contributed by atoms with Crippen molar-refractivity contribution < 1.29 is 26.7 Å². The highest BCUT2D eigenvalue weighted by Gasteiger charge is 2.31. The lowest BCUT2D eigenvalue weighted by Crippen LogP contribution is -2.05. The molecular formula is C15H14F3O3P. The standard InChI is InChI=1S/C15H14F3O3P/c1-2-19-22(20-13-8-4-3-5-9-13)21-14-10-6-7-12(11-14)15(16,17)18/h3-11H,2H2,1H3. The van der Waals surface area contributed by atoms with Gasteiger partial charge in [-0.05, 0) is 37.3 Å². The minimum absolute atomic E-state index is 0.0466. The summed E-state index contributed by atoms with van der Waals surface area (Å²) in [6.45, 7) is 2.07. The maximum absolute atomic E-state index is 12.7. The fourth-order valence-electron chi connectivity index (χ4n) is 1.56. The minimum Gasteiger partial charge on any atom is -0.418 e. The molecule has 0 aromatic heterocycles. The third kappa shape index (κ3) is 4.90. The van der Waals surface area contributed by atoms with Gasteiger partial charge in [-0.3, -0.25) is 4.52 Å². The van der Waals surface area contributed by atoms with Gasteiger partial charge in [0.05, 0.1) is 12.2 Å². The first-order chi connectivity index (χ1) is 10.5. The first-order valence-corrected chi connectivity index (χ1v) is 7.60. The van der Waals surface area contributed by atoms with Crippen molar-refractivity contribution in [1.82, 2.24) is 0 Å². The Hall–Kier alpha value is -1.78. The number of rotatable bonds is 6. The Labute approximate surface area is 127 Å². The van der Waals surface area contributed by atoms with Gasteiger partial charge in [0.25, 0.3) is 0 Å². The van der Waals surface area contributed by atoms with E-state index in [0.717, 1.165) is 12.1 Å². The highest BCUT2D eigenvalue weighted by atomic mass is 31.2. The van der Waals surface area contributed by atoms with Crippen molar-refractivity contribution in [2.45, 2.75) is 13.1 Å². The summed E-state index contributed by atoms with van der Waals surface area (Å²) in [5.41, 5.74) is -0.781. The SMILES string of the molecule is CCOP(Oc1ccccc1)Oc1cccc(C(F)(F)F)c1. The summed E-state index contributed by atoms with van der Waals surface area (Å²) < 4.78 is 54.3. The highest BCUT2D eigenvalue weighted by molar-refractivity contribution is 7.42. The van der Waals surface area contributed by atoms with Gasteiger partial charge in [-0.1, -0.05) is 24.3 Å². The van der Waals surface area contributed by atoms with Crippen LogP contribution in [-0.2, 0) is 10.7 Å². The molecule has 1 unspecified atom stereocenters. The van der Waals surface area contributed by atoms with Crippen LogP contribution in [0.4, 0.5) is 13.2 Å². The molecule has 2 rings (SSSR count). The summed E-state index contributed by atoms with van der Waals surface area (Å²) in [5, 5.41) is 0. The molecule has 0 heterocycles. The summed E-state index contributed by atoms with van der Waals surface area (Å²) in [5.74, 6) is 0.569. The summed E-state index contributed by atoms with van der Waals surface area (Å²) in [6, 6.07) is 13.4. The normalized spacial score (nSPS) is 12.7. The van der Waals surface area contributed by atoms with E-state index in [1.165, 1.54) is 12.1 Å². The third-order valence-corrected chi connectivity index (χ3v) is 3.69. The molecule has 3 nitrogen and oxygen atoms in total. The summed E-state index contributed by atoms with van der Waals surface area (Å²) in [6.07, 6.45) is -4.42. The molecule has 2 aromatic carbocycles. The van der Waals surface area contributed by atoms with Gasteiger partial charge in [0.1, 0.15) is 11.5 Å². The van der Waals surface area contributed by atoms with Crippen LogP contribution in [0.25, 0.3) is 0 Å². The smallest absolute Gasteiger partial charge is 0.418 e. The number of halogens is 3. The van der Waals surface area contributed by atoms with Gasteiger partial charge in [0.2, 0.25) is 0 Å². The number of hydrogen-bond donors (Lipinski definition) is 0. The van der Waals surface area contributed by atoms with E-state index < -0.39 is 20.3 Å². The van der Waals surface area contributed by atoms with Gasteiger partial charge in [-0.15, -0.1) is 0 Å². The highest BCUT2D eigenvalue weighted by Crippen LogP contribution is 2.42. The molecule has 7 heteroatoms. The lowest BCUT2D eigenvalue weighted by molar-refractivity contribution is -0.137. The van der Waals surface area contributed by atoms with Crippen LogP contribution in [-0.4, -0.2) is 6.61 Å². The topological polar surface area (TPSA) is 27.7 Å². The Balaban J connectivity index is 2.11. The van der Waals surface area contributed by atoms with Crippen LogP contribution < -0.4 is 9.05 Å². The van der Waals surface area contributed by atoms with Crippen LogP contribution in [0.2, 0.25) is 0 Å². The van der Waals surface area contributed by atoms with Crippen molar-refractivity contribution in [1.29, 1.82) is 0 Å². The van der Waals surface area contributed by atoms with E-state index in [4.69, 9.17) is 13.6 Å². The fraction of sp³-hybridized carbons (Fsp3) is 0.200. The summed E-state index contributed by atoms with van der Waals surface area (Å²) in [7, 11) is -1.83. The Morgan fingerprint density at radius 3 is 2.18 bits per heavy atom. The van der Waals surface area contributed by atoms with Crippen molar-refractivity contribution >= 4 is 8.60 Å². The summed E-state index contributed by atoms with van der Waals surface area (Å²) >= 11 is 0. The van der Waals surface area contributed by atoms with Crippen LogP contribution in [0.15, 0.2) is 54.6 Å². The average Bonchev–Trinajstić information content (AvgIpc) is 2.48. The molecule has 0 spiro atoms. The molecule has 1 atom stereocenters. The largest absolute Gasteiger partial charge is 0.463 e. The maximum Gasteiger partial charge on any atom is 0.463 e. The Morgan fingerprint density at radius 2 is 1.55 bits per heavy atom. The summed E-state index contributed by atoms with van der Waals surface area (Å²) in [4.78, 5) is 0. The van der Waals surface area contributed by atoms with E-state index in [1.807, 2.05) is 6.07 Å².